The van der Waals surface area contributed by atoms with Gasteiger partial charge in [0, 0.05) is 12.1 Å². The smallest absolute Gasteiger partial charge is 0.236 e. The van der Waals surface area contributed by atoms with Gasteiger partial charge in [0.25, 0.3) is 0 Å². The lowest BCUT2D eigenvalue weighted by molar-refractivity contribution is -0.118. The summed E-state index contributed by atoms with van der Waals surface area (Å²) in [4.78, 5) is 17.8. The van der Waals surface area contributed by atoms with Crippen molar-refractivity contribution in [1.82, 2.24) is 4.98 Å². The summed E-state index contributed by atoms with van der Waals surface area (Å²) >= 11 is 1.36. The van der Waals surface area contributed by atoms with Crippen LogP contribution in [0.15, 0.2) is 41.3 Å². The number of anilines is 1. The van der Waals surface area contributed by atoms with Crippen LogP contribution in [0.1, 0.15) is 25.3 Å². The molecule has 1 heterocycles. The molecule has 3 aromatic rings. The molecule has 4 rings (SSSR count). The monoisotopic (exact) mass is 446 g/mol. The molecule has 1 N–H and O–H groups in total. The van der Waals surface area contributed by atoms with E-state index in [0.717, 1.165) is 10.3 Å². The minimum Gasteiger partial charge on any atom is -0.493 e. The third-order valence-corrected chi connectivity index (χ3v) is 8.13. The molecule has 30 heavy (non-hydrogen) atoms. The van der Waals surface area contributed by atoms with Crippen LogP contribution in [-0.4, -0.2) is 39.3 Å². The van der Waals surface area contributed by atoms with E-state index in [1.807, 2.05) is 6.07 Å². The summed E-state index contributed by atoms with van der Waals surface area (Å²) in [5.74, 6) is 1.10. The first-order valence-electron chi connectivity index (χ1n) is 9.50. The molecule has 9 heteroatoms. The highest BCUT2D eigenvalue weighted by Crippen LogP contribution is 2.49. The van der Waals surface area contributed by atoms with E-state index in [4.69, 9.17) is 9.47 Å². The maximum Gasteiger partial charge on any atom is 0.236 e. The van der Waals surface area contributed by atoms with Gasteiger partial charge in [-0.25, -0.2) is 13.4 Å². The van der Waals surface area contributed by atoms with Crippen molar-refractivity contribution in [3.05, 3.63) is 42.0 Å². The Morgan fingerprint density at radius 3 is 2.33 bits per heavy atom. The zero-order chi connectivity index (χ0) is 21.5. The largest absolute Gasteiger partial charge is 0.493 e. The van der Waals surface area contributed by atoms with E-state index in [0.29, 0.717) is 35.0 Å². The van der Waals surface area contributed by atoms with Crippen molar-refractivity contribution >= 4 is 42.4 Å². The van der Waals surface area contributed by atoms with Crippen LogP contribution in [0, 0.1) is 0 Å². The molecule has 0 radical (unpaired) electrons. The van der Waals surface area contributed by atoms with Crippen LogP contribution in [-0.2, 0) is 20.0 Å². The van der Waals surface area contributed by atoms with E-state index in [1.165, 1.54) is 11.3 Å². The summed E-state index contributed by atoms with van der Waals surface area (Å²) in [7, 11) is -0.132. The lowest BCUT2D eigenvalue weighted by Gasteiger charge is -2.15. The highest BCUT2D eigenvalue weighted by molar-refractivity contribution is 7.91. The first kappa shape index (κ1) is 20.6. The molecule has 1 aliphatic rings. The highest BCUT2D eigenvalue weighted by Gasteiger charge is 2.51. The van der Waals surface area contributed by atoms with Gasteiger partial charge in [-0.15, -0.1) is 0 Å². The number of hydrogen-bond acceptors (Lipinski definition) is 7. The van der Waals surface area contributed by atoms with Gasteiger partial charge in [-0.2, -0.15) is 0 Å². The average molecular weight is 447 g/mol. The fourth-order valence-electron chi connectivity index (χ4n) is 3.45. The molecular weight excluding hydrogens is 424 g/mol. The molecule has 2 aromatic carbocycles. The number of amides is 1. The zero-order valence-corrected chi connectivity index (χ0v) is 18.5. The van der Waals surface area contributed by atoms with Crippen LogP contribution in [0.5, 0.6) is 11.5 Å². The quantitative estimate of drug-likeness (QED) is 0.594. The third-order valence-electron chi connectivity index (χ3n) is 5.44. The summed E-state index contributed by atoms with van der Waals surface area (Å²) in [5.41, 5.74) is 0.897. The molecule has 0 atom stereocenters. The zero-order valence-electron chi connectivity index (χ0n) is 16.9. The van der Waals surface area contributed by atoms with Crippen molar-refractivity contribution < 1.29 is 22.7 Å². The van der Waals surface area contributed by atoms with Crippen molar-refractivity contribution in [2.24, 2.45) is 0 Å². The van der Waals surface area contributed by atoms with Gasteiger partial charge in [-0.05, 0) is 30.5 Å². The van der Waals surface area contributed by atoms with Gasteiger partial charge in [0.05, 0.1) is 40.5 Å². The predicted molar refractivity (Wildman–Crippen MR) is 116 cm³/mol. The maximum atomic E-state index is 13.0. The second-order valence-corrected chi connectivity index (χ2v) is 10.5. The van der Waals surface area contributed by atoms with Gasteiger partial charge >= 0.3 is 0 Å². The second kappa shape index (κ2) is 7.55. The molecule has 0 unspecified atom stereocenters. The summed E-state index contributed by atoms with van der Waals surface area (Å²) < 4.78 is 35.6. The van der Waals surface area contributed by atoms with Gasteiger partial charge in [0.15, 0.2) is 26.5 Å². The Bertz CT molecular complexity index is 1170. The number of fused-ring (bicyclic) bond motifs is 1. The minimum absolute atomic E-state index is 0.0468. The van der Waals surface area contributed by atoms with Crippen LogP contribution < -0.4 is 14.8 Å². The molecule has 1 aromatic heterocycles. The summed E-state index contributed by atoms with van der Waals surface area (Å²) in [5, 5.41) is 3.43. The number of rotatable bonds is 7. The van der Waals surface area contributed by atoms with Crippen molar-refractivity contribution in [2.75, 3.05) is 25.3 Å². The molecular formula is C21H22N2O5S2. The fourth-order valence-corrected chi connectivity index (χ4v) is 5.20. The van der Waals surface area contributed by atoms with Crippen molar-refractivity contribution in [3.8, 4) is 11.5 Å². The number of carbonyl (C=O) groups excluding carboxylic acids is 1. The van der Waals surface area contributed by atoms with E-state index in [2.05, 4.69) is 10.3 Å². The molecule has 0 saturated heterocycles. The van der Waals surface area contributed by atoms with E-state index in [-0.39, 0.29) is 16.6 Å². The number of hydrogen-bond donors (Lipinski definition) is 1. The Morgan fingerprint density at radius 1 is 1.13 bits per heavy atom. The number of ether oxygens (including phenoxy) is 2. The summed E-state index contributed by atoms with van der Waals surface area (Å²) in [6.45, 7) is 1.61. The molecule has 158 valence electrons. The van der Waals surface area contributed by atoms with Crippen molar-refractivity contribution in [3.63, 3.8) is 0 Å². The normalized spacial score (nSPS) is 15.0. The molecule has 1 amide bonds. The summed E-state index contributed by atoms with van der Waals surface area (Å²) in [6, 6.07) is 10.3. The number of aromatic nitrogens is 1. The van der Waals surface area contributed by atoms with E-state index < -0.39 is 15.3 Å². The molecule has 1 aliphatic carbocycles. The Hall–Kier alpha value is -2.65. The van der Waals surface area contributed by atoms with Gasteiger partial charge in [0.1, 0.15) is 0 Å². The molecule has 1 fully saturated rings. The van der Waals surface area contributed by atoms with E-state index in [9.17, 15) is 13.2 Å². The molecule has 1 saturated carbocycles. The number of thiazole rings is 1. The first-order chi connectivity index (χ1) is 14.3. The maximum absolute atomic E-state index is 13.0. The topological polar surface area (TPSA) is 94.6 Å². The van der Waals surface area contributed by atoms with Gasteiger partial charge < -0.3 is 14.8 Å². The van der Waals surface area contributed by atoms with Crippen LogP contribution in [0.4, 0.5) is 5.13 Å². The van der Waals surface area contributed by atoms with Crippen molar-refractivity contribution in [1.29, 1.82) is 0 Å². The van der Waals surface area contributed by atoms with Crippen LogP contribution in [0.25, 0.3) is 10.2 Å². The standard InChI is InChI=1S/C21H22N2O5S2/c1-4-30(25,26)14-7-5-13(6-8-14)21(9-10-21)19(24)23-20-22-15-11-16(27-2)17(28-3)12-18(15)29-20/h5-8,11-12H,4,9-10H2,1-3H3,(H,22,23,24). The van der Waals surface area contributed by atoms with Gasteiger partial charge in [0.2, 0.25) is 5.91 Å². The number of benzene rings is 2. The first-order valence-corrected chi connectivity index (χ1v) is 12.0. The second-order valence-electron chi connectivity index (χ2n) is 7.16. The number of sulfone groups is 1. The Morgan fingerprint density at radius 2 is 1.77 bits per heavy atom. The SMILES string of the molecule is CCS(=O)(=O)c1ccc(C2(C(=O)Nc3nc4cc(OC)c(OC)cc4s3)CC2)cc1. The fraction of sp³-hybridized carbons (Fsp3) is 0.333. The Labute approximate surface area is 179 Å². The van der Waals surface area contributed by atoms with Crippen LogP contribution in [0.2, 0.25) is 0 Å². The van der Waals surface area contributed by atoms with Gasteiger partial charge in [-0.1, -0.05) is 30.4 Å². The van der Waals surface area contributed by atoms with E-state index >= 15 is 0 Å². The molecule has 0 spiro atoms. The highest BCUT2D eigenvalue weighted by atomic mass is 32.2. The van der Waals surface area contributed by atoms with Crippen molar-refractivity contribution in [2.45, 2.75) is 30.1 Å². The van der Waals surface area contributed by atoms with Crippen LogP contribution >= 0.6 is 11.3 Å². The number of nitrogens with one attached hydrogen (secondary N) is 1. The minimum atomic E-state index is -3.26. The number of nitrogens with zero attached hydrogens (tertiary/aromatic N) is 1. The number of carbonyl (C=O) groups is 1. The third kappa shape index (κ3) is 3.52. The number of methoxy groups -OCH3 is 2. The Balaban J connectivity index is 1.58. The Kier molecular flexibility index (Phi) is 5.19. The summed E-state index contributed by atoms with van der Waals surface area (Å²) in [6.07, 6.45) is 1.43. The average Bonchev–Trinajstić information content (AvgIpc) is 3.48. The lowest BCUT2D eigenvalue weighted by Crippen LogP contribution is -2.27. The van der Waals surface area contributed by atoms with Gasteiger partial charge in [-0.3, -0.25) is 4.79 Å². The molecule has 0 bridgehead atoms. The predicted octanol–water partition coefficient (Wildman–Crippen LogP) is 3.78. The van der Waals surface area contributed by atoms with E-state index in [1.54, 1.807) is 51.5 Å². The molecule has 7 nitrogen and oxygen atoms in total. The van der Waals surface area contributed by atoms with Crippen LogP contribution in [0.3, 0.4) is 0 Å². The lowest BCUT2D eigenvalue weighted by atomic mass is 9.95. The molecule has 0 aliphatic heterocycles.